The minimum atomic E-state index is -0.728. The van der Waals surface area contributed by atoms with E-state index in [1.165, 1.54) is 21.8 Å². The Morgan fingerprint density at radius 3 is 2.80 bits per heavy atom. The summed E-state index contributed by atoms with van der Waals surface area (Å²) in [6, 6.07) is 6.04. The van der Waals surface area contributed by atoms with E-state index in [4.69, 9.17) is 14.2 Å². The molecule has 1 unspecified atom stereocenters. The molecule has 1 aromatic carbocycles. The van der Waals surface area contributed by atoms with Gasteiger partial charge in [-0.15, -0.1) is 11.3 Å². The lowest BCUT2D eigenvalue weighted by Crippen LogP contribution is -2.37. The van der Waals surface area contributed by atoms with Crippen LogP contribution in [-0.4, -0.2) is 37.7 Å². The van der Waals surface area contributed by atoms with Gasteiger partial charge in [0.25, 0.3) is 5.91 Å². The highest BCUT2D eigenvalue weighted by Gasteiger charge is 2.22. The summed E-state index contributed by atoms with van der Waals surface area (Å²) in [7, 11) is 0. The Hall–Kier alpha value is -3.07. The lowest BCUT2D eigenvalue weighted by molar-refractivity contribution is -0.123. The minimum Gasteiger partial charge on any atom is -0.486 e. The third-order valence-corrected chi connectivity index (χ3v) is 6.13. The van der Waals surface area contributed by atoms with Gasteiger partial charge in [-0.1, -0.05) is 6.92 Å². The van der Waals surface area contributed by atoms with E-state index in [1.807, 2.05) is 6.07 Å². The molecule has 1 atom stereocenters. The summed E-state index contributed by atoms with van der Waals surface area (Å²) < 4.78 is 15.9. The third kappa shape index (κ3) is 4.73. The Bertz CT molecular complexity index is 986. The molecule has 0 spiro atoms. The van der Waals surface area contributed by atoms with E-state index in [1.54, 1.807) is 18.2 Å². The Kier molecular flexibility index (Phi) is 5.89. The lowest BCUT2D eigenvalue weighted by atomic mass is 9.90. The summed E-state index contributed by atoms with van der Waals surface area (Å²) in [5.41, 5.74) is 1.63. The molecule has 3 amide bonds. The number of thiophene rings is 1. The number of hydrogen-bond donors (Lipinski definition) is 2. The molecule has 8 nitrogen and oxygen atoms in total. The van der Waals surface area contributed by atoms with Crippen LogP contribution in [-0.2, 0) is 22.4 Å². The van der Waals surface area contributed by atoms with Crippen molar-refractivity contribution in [1.82, 2.24) is 5.32 Å². The fourth-order valence-corrected chi connectivity index (χ4v) is 4.56. The number of urea groups is 1. The van der Waals surface area contributed by atoms with E-state index in [0.717, 1.165) is 19.3 Å². The molecule has 9 heteroatoms. The molecule has 0 bridgehead atoms. The molecule has 0 saturated carbocycles. The summed E-state index contributed by atoms with van der Waals surface area (Å²) in [6.07, 6.45) is 3.04. The van der Waals surface area contributed by atoms with Gasteiger partial charge in [-0.2, -0.15) is 0 Å². The number of amides is 3. The smallest absolute Gasteiger partial charge is 0.348 e. The van der Waals surface area contributed by atoms with Gasteiger partial charge in [0.05, 0.1) is 0 Å². The van der Waals surface area contributed by atoms with Crippen molar-refractivity contribution in [3.8, 4) is 11.5 Å². The van der Waals surface area contributed by atoms with Crippen LogP contribution in [0.25, 0.3) is 0 Å². The number of nitrogens with one attached hydrogen (secondary N) is 2. The van der Waals surface area contributed by atoms with Crippen molar-refractivity contribution < 1.29 is 28.6 Å². The van der Waals surface area contributed by atoms with Crippen LogP contribution >= 0.6 is 11.3 Å². The van der Waals surface area contributed by atoms with E-state index in [-0.39, 0.29) is 0 Å². The fraction of sp³-hybridized carbons (Fsp3) is 0.381. The molecule has 0 radical (unpaired) electrons. The normalized spacial score (nSPS) is 16.9. The van der Waals surface area contributed by atoms with E-state index in [9.17, 15) is 14.4 Å². The summed E-state index contributed by atoms with van der Waals surface area (Å²) in [5.74, 6) is 0.458. The van der Waals surface area contributed by atoms with Crippen molar-refractivity contribution in [3.63, 3.8) is 0 Å². The molecule has 30 heavy (non-hydrogen) atoms. The number of ether oxygens (including phenoxy) is 3. The second-order valence-corrected chi connectivity index (χ2v) is 8.48. The highest BCUT2D eigenvalue weighted by atomic mass is 32.1. The maximum absolute atomic E-state index is 12.2. The predicted octanol–water partition coefficient (Wildman–Crippen LogP) is 3.15. The number of rotatable bonds is 4. The summed E-state index contributed by atoms with van der Waals surface area (Å²) in [5, 5.41) is 4.67. The average Bonchev–Trinajstić information content (AvgIpc) is 3.15. The second kappa shape index (κ2) is 8.74. The molecule has 2 N–H and O–H groups in total. The Balaban J connectivity index is 1.25. The molecule has 0 fully saturated rings. The SMILES string of the molecule is CC1CCc2sc(C(=O)OCC(=O)NC(=O)Nc3ccc4c(c3)OCCO4)cc2C1. The van der Waals surface area contributed by atoms with Crippen molar-refractivity contribution in [3.05, 3.63) is 39.6 Å². The van der Waals surface area contributed by atoms with Crippen LogP contribution < -0.4 is 20.1 Å². The number of hydrogen-bond acceptors (Lipinski definition) is 7. The largest absolute Gasteiger partial charge is 0.486 e. The van der Waals surface area contributed by atoms with Crippen molar-refractivity contribution >= 4 is 34.9 Å². The summed E-state index contributed by atoms with van der Waals surface area (Å²) >= 11 is 1.42. The van der Waals surface area contributed by atoms with Gasteiger partial charge in [0.1, 0.15) is 18.1 Å². The summed E-state index contributed by atoms with van der Waals surface area (Å²) in [4.78, 5) is 37.9. The number of benzene rings is 1. The van der Waals surface area contributed by atoms with Gasteiger partial charge in [-0.25, -0.2) is 9.59 Å². The van der Waals surface area contributed by atoms with Gasteiger partial charge >= 0.3 is 12.0 Å². The average molecular weight is 430 g/mol. The zero-order valence-corrected chi connectivity index (χ0v) is 17.3. The van der Waals surface area contributed by atoms with Gasteiger partial charge < -0.3 is 19.5 Å². The number of carbonyl (C=O) groups is 3. The molecule has 2 heterocycles. The van der Waals surface area contributed by atoms with E-state index in [0.29, 0.717) is 41.2 Å². The number of carbonyl (C=O) groups excluding carboxylic acids is 3. The lowest BCUT2D eigenvalue weighted by Gasteiger charge is -2.19. The van der Waals surface area contributed by atoms with Gasteiger partial charge in [-0.3, -0.25) is 10.1 Å². The van der Waals surface area contributed by atoms with Crippen molar-refractivity contribution in [2.75, 3.05) is 25.1 Å². The molecular formula is C21H22N2O6S. The van der Waals surface area contributed by atoms with Crippen LogP contribution in [0.1, 0.15) is 33.5 Å². The van der Waals surface area contributed by atoms with Gasteiger partial charge in [0.2, 0.25) is 0 Å². The summed E-state index contributed by atoms with van der Waals surface area (Å²) in [6.45, 7) is 2.56. The number of aryl methyl sites for hydroxylation is 1. The molecule has 2 aliphatic rings. The number of anilines is 1. The molecule has 1 aromatic heterocycles. The van der Waals surface area contributed by atoms with Crippen molar-refractivity contribution in [2.24, 2.45) is 5.92 Å². The molecule has 1 aliphatic carbocycles. The zero-order chi connectivity index (χ0) is 21.1. The van der Waals surface area contributed by atoms with Crippen LogP contribution in [0.2, 0.25) is 0 Å². The van der Waals surface area contributed by atoms with Crippen LogP contribution in [0.3, 0.4) is 0 Å². The standard InChI is InChI=1S/C21H22N2O6S/c1-12-2-5-17-13(8-12)9-18(30-17)20(25)29-11-19(24)23-21(26)22-14-3-4-15-16(10-14)28-7-6-27-15/h3-4,9-10,12H,2,5-8,11H2,1H3,(H2,22,23,24,26). The molecule has 2 aromatic rings. The predicted molar refractivity (Wildman–Crippen MR) is 110 cm³/mol. The molecular weight excluding hydrogens is 408 g/mol. The highest BCUT2D eigenvalue weighted by Crippen LogP contribution is 2.33. The molecule has 4 rings (SSSR count). The quantitative estimate of drug-likeness (QED) is 0.723. The molecule has 1 aliphatic heterocycles. The highest BCUT2D eigenvalue weighted by molar-refractivity contribution is 7.14. The van der Waals surface area contributed by atoms with E-state index >= 15 is 0 Å². The molecule has 158 valence electrons. The fourth-order valence-electron chi connectivity index (χ4n) is 3.45. The number of imide groups is 1. The van der Waals surface area contributed by atoms with Crippen LogP contribution in [0.15, 0.2) is 24.3 Å². The maximum atomic E-state index is 12.2. The van der Waals surface area contributed by atoms with Crippen LogP contribution in [0.4, 0.5) is 10.5 Å². The zero-order valence-electron chi connectivity index (χ0n) is 16.5. The Morgan fingerprint density at radius 1 is 1.17 bits per heavy atom. The molecule has 0 saturated heterocycles. The first-order valence-electron chi connectivity index (χ1n) is 9.77. The minimum absolute atomic E-state index is 0.429. The van der Waals surface area contributed by atoms with E-state index < -0.39 is 24.5 Å². The van der Waals surface area contributed by atoms with Gasteiger partial charge in [-0.05, 0) is 48.9 Å². The first-order valence-corrected chi connectivity index (χ1v) is 10.6. The third-order valence-electron chi connectivity index (χ3n) is 4.92. The Labute approximate surface area is 177 Å². The number of esters is 1. The van der Waals surface area contributed by atoms with E-state index in [2.05, 4.69) is 17.6 Å². The van der Waals surface area contributed by atoms with Gasteiger partial charge in [0.15, 0.2) is 18.1 Å². The van der Waals surface area contributed by atoms with Gasteiger partial charge in [0, 0.05) is 16.6 Å². The monoisotopic (exact) mass is 430 g/mol. The first-order chi connectivity index (χ1) is 14.5. The topological polar surface area (TPSA) is 103 Å². The van der Waals surface area contributed by atoms with Crippen molar-refractivity contribution in [2.45, 2.75) is 26.2 Å². The Morgan fingerprint density at radius 2 is 1.97 bits per heavy atom. The maximum Gasteiger partial charge on any atom is 0.348 e. The van der Waals surface area contributed by atoms with Crippen molar-refractivity contribution in [1.29, 1.82) is 0 Å². The second-order valence-electron chi connectivity index (χ2n) is 7.34. The first kappa shape index (κ1) is 20.2. The van der Waals surface area contributed by atoms with Crippen LogP contribution in [0, 0.1) is 5.92 Å². The van der Waals surface area contributed by atoms with Crippen LogP contribution in [0.5, 0.6) is 11.5 Å². The number of fused-ring (bicyclic) bond motifs is 2.